The number of amidine groups is 1. The lowest BCUT2D eigenvalue weighted by Gasteiger charge is -2.36. The van der Waals surface area contributed by atoms with Gasteiger partial charge in [0.2, 0.25) is 5.91 Å². The summed E-state index contributed by atoms with van der Waals surface area (Å²) in [5.74, 6) is 0.707. The van der Waals surface area contributed by atoms with Crippen LogP contribution < -0.4 is 10.1 Å². The number of allylic oxidation sites excluding steroid dienone is 1. The number of hydrogen-bond acceptors (Lipinski definition) is 8. The lowest BCUT2D eigenvalue weighted by molar-refractivity contribution is -0.141. The van der Waals surface area contributed by atoms with Crippen molar-refractivity contribution in [3.05, 3.63) is 149 Å². The van der Waals surface area contributed by atoms with Gasteiger partial charge in [0.05, 0.1) is 23.7 Å². The van der Waals surface area contributed by atoms with Gasteiger partial charge in [-0.05, 0) is 59.4 Å². The molecule has 6 rings (SSSR count). The molecule has 1 aromatic heterocycles. The van der Waals surface area contributed by atoms with Crippen LogP contribution >= 0.6 is 11.8 Å². The standard InChI is InChI=1S/C35H30N4O4S/c1-24-32(34(41)42-22-25-10-4-2-5-11-25)33(27-13-8-16-30(18-27)43-29-14-6-3-7-15-29)39-28(23-44-35(39)38-24)19-31(40)37-21-26-12-9-17-36-20-26/h2-18,20,23,33H,19,21-22H2,1H3,(H,37,40). The molecule has 44 heavy (non-hydrogen) atoms. The number of ether oxygens (including phenoxy) is 2. The smallest absolute Gasteiger partial charge is 0.338 e. The van der Waals surface area contributed by atoms with Crippen LogP contribution in [0.15, 0.2) is 137 Å². The summed E-state index contributed by atoms with van der Waals surface area (Å²) in [6.07, 6.45) is 3.53. The second-order valence-corrected chi connectivity index (χ2v) is 11.1. The SMILES string of the molecule is CC1=C(C(=O)OCc2ccccc2)C(c2cccc(Oc3ccccc3)c2)N2C(CC(=O)NCc3cccnc3)=CSC2=N1. The molecule has 0 saturated heterocycles. The zero-order valence-electron chi connectivity index (χ0n) is 24.1. The van der Waals surface area contributed by atoms with E-state index in [0.29, 0.717) is 34.5 Å². The summed E-state index contributed by atoms with van der Waals surface area (Å²) >= 11 is 1.43. The summed E-state index contributed by atoms with van der Waals surface area (Å²) in [4.78, 5) is 37.8. The van der Waals surface area contributed by atoms with Crippen LogP contribution in [0.1, 0.15) is 36.1 Å². The van der Waals surface area contributed by atoms with Gasteiger partial charge in [-0.2, -0.15) is 0 Å². The number of amides is 1. The first kappa shape index (κ1) is 28.9. The van der Waals surface area contributed by atoms with E-state index in [4.69, 9.17) is 14.5 Å². The number of rotatable bonds is 10. The average Bonchev–Trinajstić information content (AvgIpc) is 3.45. The van der Waals surface area contributed by atoms with Crippen LogP contribution in [0.4, 0.5) is 0 Å². The molecule has 0 spiro atoms. The van der Waals surface area contributed by atoms with Gasteiger partial charge >= 0.3 is 5.97 Å². The minimum Gasteiger partial charge on any atom is -0.457 e. The monoisotopic (exact) mass is 602 g/mol. The first-order chi connectivity index (χ1) is 21.5. The Kier molecular flexibility index (Phi) is 8.84. The molecule has 0 fully saturated rings. The quantitative estimate of drug-likeness (QED) is 0.197. The first-order valence-electron chi connectivity index (χ1n) is 14.2. The van der Waals surface area contributed by atoms with Gasteiger partial charge in [-0.15, -0.1) is 0 Å². The number of carbonyl (C=O) groups excluding carboxylic acids is 2. The second-order valence-electron chi connectivity index (χ2n) is 10.3. The van der Waals surface area contributed by atoms with Crippen LogP contribution in [0.3, 0.4) is 0 Å². The van der Waals surface area contributed by atoms with Crippen molar-refractivity contribution in [1.29, 1.82) is 0 Å². The molecule has 4 aromatic rings. The number of nitrogens with one attached hydrogen (secondary N) is 1. The van der Waals surface area contributed by atoms with Crippen molar-refractivity contribution < 1.29 is 19.1 Å². The van der Waals surface area contributed by atoms with Crippen molar-refractivity contribution >= 4 is 28.8 Å². The van der Waals surface area contributed by atoms with E-state index in [2.05, 4.69) is 10.3 Å². The molecule has 3 aromatic carbocycles. The van der Waals surface area contributed by atoms with Gasteiger partial charge in [0.1, 0.15) is 18.1 Å². The average molecular weight is 603 g/mol. The third kappa shape index (κ3) is 6.74. The van der Waals surface area contributed by atoms with Gasteiger partial charge in [-0.25, -0.2) is 9.79 Å². The fourth-order valence-electron chi connectivity index (χ4n) is 5.05. The van der Waals surface area contributed by atoms with Crippen LogP contribution in [0.2, 0.25) is 0 Å². The molecule has 9 heteroatoms. The van der Waals surface area contributed by atoms with Gasteiger partial charge in [-0.1, -0.05) is 78.5 Å². The summed E-state index contributed by atoms with van der Waals surface area (Å²) in [6.45, 7) is 2.32. The van der Waals surface area contributed by atoms with Gasteiger partial charge in [0.25, 0.3) is 0 Å². The Bertz CT molecular complexity index is 1740. The normalized spacial score (nSPS) is 15.7. The number of benzene rings is 3. The predicted molar refractivity (Wildman–Crippen MR) is 170 cm³/mol. The number of thioether (sulfide) groups is 1. The number of para-hydroxylation sites is 1. The van der Waals surface area contributed by atoms with Crippen LogP contribution in [-0.2, 0) is 27.5 Å². The van der Waals surface area contributed by atoms with E-state index in [1.165, 1.54) is 11.8 Å². The molecule has 3 heterocycles. The number of esters is 1. The zero-order chi connectivity index (χ0) is 30.3. The number of carbonyl (C=O) groups is 2. The zero-order valence-corrected chi connectivity index (χ0v) is 24.9. The molecule has 220 valence electrons. The second kappa shape index (κ2) is 13.4. The molecular weight excluding hydrogens is 572 g/mol. The third-order valence-corrected chi connectivity index (χ3v) is 8.03. The topological polar surface area (TPSA) is 93.1 Å². The van der Waals surface area contributed by atoms with E-state index in [-0.39, 0.29) is 18.9 Å². The molecule has 2 aliphatic rings. The Morgan fingerprint density at radius 2 is 1.66 bits per heavy atom. The van der Waals surface area contributed by atoms with Gasteiger partial charge in [0.15, 0.2) is 5.17 Å². The summed E-state index contributed by atoms with van der Waals surface area (Å²) in [5, 5.41) is 5.59. The van der Waals surface area contributed by atoms with Crippen LogP contribution in [0.25, 0.3) is 0 Å². The molecular formula is C35H30N4O4S. The Morgan fingerprint density at radius 3 is 2.43 bits per heavy atom. The van der Waals surface area contributed by atoms with E-state index in [1.54, 1.807) is 12.4 Å². The van der Waals surface area contributed by atoms with Gasteiger partial charge < -0.3 is 19.7 Å². The van der Waals surface area contributed by atoms with E-state index in [9.17, 15) is 9.59 Å². The molecule has 0 radical (unpaired) electrons. The number of hydrogen-bond donors (Lipinski definition) is 1. The number of fused-ring (bicyclic) bond motifs is 1. The molecule has 0 aliphatic carbocycles. The van der Waals surface area contributed by atoms with E-state index >= 15 is 0 Å². The number of aromatic nitrogens is 1. The highest BCUT2D eigenvalue weighted by atomic mass is 32.2. The highest BCUT2D eigenvalue weighted by molar-refractivity contribution is 8.16. The van der Waals surface area contributed by atoms with Crippen molar-refractivity contribution in [3.63, 3.8) is 0 Å². The van der Waals surface area contributed by atoms with Gasteiger partial charge in [0, 0.05) is 24.6 Å². The lowest BCUT2D eigenvalue weighted by atomic mass is 9.93. The van der Waals surface area contributed by atoms with Crippen molar-refractivity contribution in [1.82, 2.24) is 15.2 Å². The maximum atomic E-state index is 13.8. The molecule has 1 unspecified atom stereocenters. The highest BCUT2D eigenvalue weighted by Crippen LogP contribution is 2.45. The fraction of sp³-hybridized carbons (Fsp3) is 0.143. The summed E-state index contributed by atoms with van der Waals surface area (Å²) in [7, 11) is 0. The molecule has 1 atom stereocenters. The summed E-state index contributed by atoms with van der Waals surface area (Å²) < 4.78 is 12.0. The van der Waals surface area contributed by atoms with E-state index in [0.717, 1.165) is 22.4 Å². The Morgan fingerprint density at radius 1 is 0.909 bits per heavy atom. The Labute approximate surface area is 260 Å². The van der Waals surface area contributed by atoms with Crippen molar-refractivity contribution in [2.24, 2.45) is 4.99 Å². The van der Waals surface area contributed by atoms with Crippen LogP contribution in [0, 0.1) is 0 Å². The predicted octanol–water partition coefficient (Wildman–Crippen LogP) is 6.90. The lowest BCUT2D eigenvalue weighted by Crippen LogP contribution is -2.38. The van der Waals surface area contributed by atoms with E-state index in [1.807, 2.05) is 114 Å². The van der Waals surface area contributed by atoms with Crippen molar-refractivity contribution in [3.8, 4) is 11.5 Å². The largest absolute Gasteiger partial charge is 0.457 e. The fourth-order valence-corrected chi connectivity index (χ4v) is 6.01. The third-order valence-electron chi connectivity index (χ3n) is 7.14. The van der Waals surface area contributed by atoms with Crippen LogP contribution in [-0.4, -0.2) is 26.9 Å². The minimum atomic E-state index is -0.586. The maximum Gasteiger partial charge on any atom is 0.338 e. The Hall–Kier alpha value is -5.15. The molecule has 1 amide bonds. The number of aliphatic imine (C=N–C) groups is 1. The van der Waals surface area contributed by atoms with Crippen molar-refractivity contribution in [2.45, 2.75) is 32.5 Å². The van der Waals surface area contributed by atoms with E-state index < -0.39 is 12.0 Å². The highest BCUT2D eigenvalue weighted by Gasteiger charge is 2.41. The number of nitrogens with zero attached hydrogens (tertiary/aromatic N) is 3. The summed E-state index contributed by atoms with van der Waals surface area (Å²) in [5.41, 5.74) is 4.31. The maximum absolute atomic E-state index is 13.8. The molecule has 8 nitrogen and oxygen atoms in total. The van der Waals surface area contributed by atoms with Crippen LogP contribution in [0.5, 0.6) is 11.5 Å². The molecule has 1 N–H and O–H groups in total. The number of pyridine rings is 1. The summed E-state index contributed by atoms with van der Waals surface area (Å²) in [6, 6.07) is 29.9. The first-order valence-corrected chi connectivity index (χ1v) is 15.1. The van der Waals surface area contributed by atoms with Gasteiger partial charge in [-0.3, -0.25) is 9.78 Å². The van der Waals surface area contributed by atoms with Crippen molar-refractivity contribution in [2.75, 3.05) is 0 Å². The molecule has 0 bridgehead atoms. The Balaban J connectivity index is 1.30. The molecule has 0 saturated carbocycles. The molecule has 2 aliphatic heterocycles. The minimum absolute atomic E-state index is 0.106.